The predicted octanol–water partition coefficient (Wildman–Crippen LogP) is 3.62. The Morgan fingerprint density at radius 1 is 0.857 bits per heavy atom. The second kappa shape index (κ2) is 10.0. The molecule has 0 bridgehead atoms. The molecule has 0 N–H and O–H groups in total. The minimum atomic E-state index is -1.18. The molecule has 0 saturated heterocycles. The van der Waals surface area contributed by atoms with Crippen molar-refractivity contribution in [3.63, 3.8) is 0 Å². The first-order valence-corrected chi connectivity index (χ1v) is 8.73. The van der Waals surface area contributed by atoms with Crippen LogP contribution >= 0.6 is 0 Å². The summed E-state index contributed by atoms with van der Waals surface area (Å²) in [6.07, 6.45) is -0.223. The van der Waals surface area contributed by atoms with E-state index in [1.165, 1.54) is 48.5 Å². The Morgan fingerprint density at radius 3 is 1.86 bits per heavy atom. The van der Waals surface area contributed by atoms with Gasteiger partial charge in [0.25, 0.3) is 6.29 Å². The Morgan fingerprint density at radius 2 is 1.39 bits per heavy atom. The molecular weight excluding hydrogens is 364 g/mol. The standard InChI is InChI=1S/C21H20O7/c1-3-18(23)27-21(28-19(24)4-2)16-9-7-15(8-10-16)20(25)26-17-11-5-14(13-22)6-12-17/h5-13,21H,3-4H2,1-2H3. The zero-order valence-corrected chi connectivity index (χ0v) is 15.5. The van der Waals surface area contributed by atoms with E-state index in [9.17, 15) is 19.2 Å². The van der Waals surface area contributed by atoms with Crippen molar-refractivity contribution in [2.24, 2.45) is 0 Å². The van der Waals surface area contributed by atoms with Crippen LogP contribution in [0.2, 0.25) is 0 Å². The third-order valence-electron chi connectivity index (χ3n) is 3.70. The van der Waals surface area contributed by atoms with Crippen LogP contribution in [0.3, 0.4) is 0 Å². The lowest BCUT2D eigenvalue weighted by molar-refractivity contribution is -0.189. The Kier molecular flexibility index (Phi) is 7.45. The average Bonchev–Trinajstić information content (AvgIpc) is 2.73. The summed E-state index contributed by atoms with van der Waals surface area (Å²) >= 11 is 0. The molecule has 0 saturated carbocycles. The lowest BCUT2D eigenvalue weighted by atomic mass is 10.1. The fraction of sp³-hybridized carbons (Fsp3) is 0.238. The number of esters is 3. The maximum Gasteiger partial charge on any atom is 0.343 e. The average molecular weight is 384 g/mol. The molecule has 2 aromatic carbocycles. The van der Waals surface area contributed by atoms with Crippen molar-refractivity contribution >= 4 is 24.2 Å². The molecule has 7 heteroatoms. The summed E-state index contributed by atoms with van der Waals surface area (Å²) in [5, 5.41) is 0. The summed E-state index contributed by atoms with van der Waals surface area (Å²) in [5.41, 5.74) is 1.14. The molecule has 0 fully saturated rings. The molecule has 0 radical (unpaired) electrons. The Hall–Kier alpha value is -3.48. The summed E-state index contributed by atoms with van der Waals surface area (Å²) in [5.74, 6) is -1.34. The lowest BCUT2D eigenvalue weighted by Gasteiger charge is -2.18. The Labute approximate surface area is 162 Å². The van der Waals surface area contributed by atoms with E-state index in [0.717, 1.165) is 0 Å². The number of carbonyl (C=O) groups excluding carboxylic acids is 4. The molecule has 0 aliphatic rings. The Balaban J connectivity index is 2.11. The van der Waals surface area contributed by atoms with E-state index in [1.54, 1.807) is 13.8 Å². The first-order chi connectivity index (χ1) is 13.5. The molecule has 0 amide bonds. The van der Waals surface area contributed by atoms with Crippen LogP contribution in [0, 0.1) is 0 Å². The maximum absolute atomic E-state index is 12.2. The highest BCUT2D eigenvalue weighted by Crippen LogP contribution is 2.22. The molecule has 0 unspecified atom stereocenters. The van der Waals surface area contributed by atoms with E-state index < -0.39 is 24.2 Å². The zero-order valence-electron chi connectivity index (χ0n) is 15.5. The molecule has 0 atom stereocenters. The summed E-state index contributed by atoms with van der Waals surface area (Å²) in [6.45, 7) is 3.25. The second-order valence-corrected chi connectivity index (χ2v) is 5.72. The van der Waals surface area contributed by atoms with E-state index >= 15 is 0 Å². The minimum absolute atomic E-state index is 0.132. The van der Waals surface area contributed by atoms with E-state index in [0.29, 0.717) is 23.2 Å². The number of ether oxygens (including phenoxy) is 3. The third-order valence-corrected chi connectivity index (χ3v) is 3.70. The van der Waals surface area contributed by atoms with Crippen molar-refractivity contribution in [2.45, 2.75) is 33.0 Å². The summed E-state index contributed by atoms with van der Waals surface area (Å²) < 4.78 is 15.5. The number of hydrogen-bond acceptors (Lipinski definition) is 7. The fourth-order valence-corrected chi connectivity index (χ4v) is 2.12. The van der Waals surface area contributed by atoms with Crippen LogP contribution in [0.25, 0.3) is 0 Å². The number of aldehydes is 1. The van der Waals surface area contributed by atoms with E-state index in [2.05, 4.69) is 0 Å². The molecule has 2 aromatic rings. The van der Waals surface area contributed by atoms with Gasteiger partial charge in [0, 0.05) is 24.0 Å². The predicted molar refractivity (Wildman–Crippen MR) is 98.7 cm³/mol. The molecule has 2 rings (SSSR count). The monoisotopic (exact) mass is 384 g/mol. The zero-order chi connectivity index (χ0) is 20.5. The van der Waals surface area contributed by atoms with Gasteiger partial charge in [0.05, 0.1) is 5.56 Å². The summed E-state index contributed by atoms with van der Waals surface area (Å²) in [7, 11) is 0. The Bertz CT molecular complexity index is 820. The summed E-state index contributed by atoms with van der Waals surface area (Å²) in [6, 6.07) is 12.1. The number of hydrogen-bond donors (Lipinski definition) is 0. The normalized spacial score (nSPS) is 10.2. The SMILES string of the molecule is CCC(=O)OC(OC(=O)CC)c1ccc(C(=O)Oc2ccc(C=O)cc2)cc1. The van der Waals surface area contributed by atoms with Gasteiger partial charge < -0.3 is 14.2 Å². The first kappa shape index (κ1) is 20.8. The van der Waals surface area contributed by atoms with Crippen LogP contribution in [0.1, 0.15) is 59.3 Å². The highest BCUT2D eigenvalue weighted by atomic mass is 16.7. The van der Waals surface area contributed by atoms with Gasteiger partial charge >= 0.3 is 17.9 Å². The lowest BCUT2D eigenvalue weighted by Crippen LogP contribution is -2.17. The number of rotatable bonds is 8. The van der Waals surface area contributed by atoms with E-state index in [-0.39, 0.29) is 18.4 Å². The van der Waals surface area contributed by atoms with Crippen LogP contribution in [-0.2, 0) is 19.1 Å². The highest BCUT2D eigenvalue weighted by molar-refractivity contribution is 5.91. The van der Waals surface area contributed by atoms with Crippen molar-refractivity contribution in [3.8, 4) is 5.75 Å². The molecule has 0 aromatic heterocycles. The van der Waals surface area contributed by atoms with Gasteiger partial charge in [-0.05, 0) is 36.4 Å². The molecule has 0 aliphatic heterocycles. The largest absolute Gasteiger partial charge is 0.423 e. The molecule has 7 nitrogen and oxygen atoms in total. The van der Waals surface area contributed by atoms with Crippen molar-refractivity contribution in [1.29, 1.82) is 0 Å². The van der Waals surface area contributed by atoms with Gasteiger partial charge in [-0.1, -0.05) is 26.0 Å². The van der Waals surface area contributed by atoms with Crippen LogP contribution < -0.4 is 4.74 Å². The fourth-order valence-electron chi connectivity index (χ4n) is 2.12. The first-order valence-electron chi connectivity index (χ1n) is 8.73. The van der Waals surface area contributed by atoms with Crippen molar-refractivity contribution in [3.05, 3.63) is 65.2 Å². The maximum atomic E-state index is 12.2. The molecular formula is C21H20O7. The van der Waals surface area contributed by atoms with Gasteiger partial charge in [-0.25, -0.2) is 4.79 Å². The van der Waals surface area contributed by atoms with Gasteiger partial charge in [-0.2, -0.15) is 0 Å². The van der Waals surface area contributed by atoms with Crippen LogP contribution in [-0.4, -0.2) is 24.2 Å². The van der Waals surface area contributed by atoms with Gasteiger partial charge in [0.15, 0.2) is 0 Å². The number of carbonyl (C=O) groups is 4. The number of benzene rings is 2. The molecule has 0 heterocycles. The molecule has 146 valence electrons. The molecule has 0 spiro atoms. The highest BCUT2D eigenvalue weighted by Gasteiger charge is 2.20. The molecule has 28 heavy (non-hydrogen) atoms. The van der Waals surface area contributed by atoms with Crippen LogP contribution in [0.15, 0.2) is 48.5 Å². The summed E-state index contributed by atoms with van der Waals surface area (Å²) in [4.78, 5) is 46.0. The van der Waals surface area contributed by atoms with Crippen molar-refractivity contribution < 1.29 is 33.4 Å². The van der Waals surface area contributed by atoms with Crippen LogP contribution in [0.4, 0.5) is 0 Å². The van der Waals surface area contributed by atoms with Crippen LogP contribution in [0.5, 0.6) is 5.75 Å². The van der Waals surface area contributed by atoms with Gasteiger partial charge in [-0.15, -0.1) is 0 Å². The topological polar surface area (TPSA) is 96.0 Å². The van der Waals surface area contributed by atoms with Gasteiger partial charge in [0.1, 0.15) is 12.0 Å². The van der Waals surface area contributed by atoms with Crippen molar-refractivity contribution in [1.82, 2.24) is 0 Å². The van der Waals surface area contributed by atoms with E-state index in [4.69, 9.17) is 14.2 Å². The van der Waals surface area contributed by atoms with Gasteiger partial charge in [-0.3, -0.25) is 14.4 Å². The van der Waals surface area contributed by atoms with Gasteiger partial charge in [0.2, 0.25) is 0 Å². The molecule has 0 aliphatic carbocycles. The minimum Gasteiger partial charge on any atom is -0.423 e. The van der Waals surface area contributed by atoms with Crippen molar-refractivity contribution in [2.75, 3.05) is 0 Å². The second-order valence-electron chi connectivity index (χ2n) is 5.72. The quantitative estimate of drug-likeness (QED) is 0.297. The van der Waals surface area contributed by atoms with E-state index in [1.807, 2.05) is 0 Å². The smallest absolute Gasteiger partial charge is 0.343 e. The third kappa shape index (κ3) is 5.77.